The number of rotatable bonds is 1. The minimum atomic E-state index is -0.786. The maximum Gasteiger partial charge on any atom is 0.307 e. The number of carboxylic acids is 1. The quantitative estimate of drug-likeness (QED) is 0.613. The number of aliphatic carboxylic acids is 1. The lowest BCUT2D eigenvalue weighted by Crippen LogP contribution is -2.20. The molecule has 4 unspecified atom stereocenters. The first-order valence-electron chi connectivity index (χ1n) is 4.08. The smallest absolute Gasteiger partial charge is 0.307 e. The van der Waals surface area contributed by atoms with Crippen molar-refractivity contribution in [1.29, 1.82) is 0 Å². The summed E-state index contributed by atoms with van der Waals surface area (Å²) in [5.74, 6) is -0.442. The van der Waals surface area contributed by atoms with Crippen molar-refractivity contribution in [2.75, 3.05) is 0 Å². The van der Waals surface area contributed by atoms with E-state index in [4.69, 9.17) is 5.11 Å². The molecule has 0 aliphatic heterocycles. The van der Waals surface area contributed by atoms with Gasteiger partial charge in [0.05, 0.1) is 5.92 Å². The molecule has 11 heavy (non-hydrogen) atoms. The Hall–Kier alpha value is -0.600. The molecule has 4 aliphatic carbocycles. The van der Waals surface area contributed by atoms with Gasteiger partial charge in [0, 0.05) is 5.92 Å². The van der Waals surface area contributed by atoms with Gasteiger partial charge in [0.15, 0.2) is 0 Å². The van der Waals surface area contributed by atoms with Crippen molar-refractivity contribution in [3.8, 4) is 0 Å². The molecule has 0 saturated heterocycles. The first-order valence-corrected chi connectivity index (χ1v) is 4.08. The zero-order valence-corrected chi connectivity index (χ0v) is 5.90. The maximum absolute atomic E-state index is 13.1. The van der Waals surface area contributed by atoms with Crippen LogP contribution in [-0.4, -0.2) is 17.2 Å². The molecule has 3 heteroatoms. The minimum Gasteiger partial charge on any atom is -0.481 e. The number of hydrogen-bond donors (Lipinski definition) is 1. The van der Waals surface area contributed by atoms with Crippen molar-refractivity contribution < 1.29 is 14.3 Å². The van der Waals surface area contributed by atoms with Crippen LogP contribution < -0.4 is 0 Å². The first kappa shape index (κ1) is 5.98. The van der Waals surface area contributed by atoms with Gasteiger partial charge >= 0.3 is 5.97 Å². The molecular weight excluding hydrogens is 147 g/mol. The predicted octanol–water partition coefficient (Wildman–Crippen LogP) is 0.921. The van der Waals surface area contributed by atoms with Crippen LogP contribution in [0.4, 0.5) is 4.39 Å². The number of carboxylic acid groups (broad SMARTS) is 1. The van der Waals surface area contributed by atoms with Crippen LogP contribution in [0.25, 0.3) is 0 Å². The van der Waals surface area contributed by atoms with E-state index < -0.39 is 12.1 Å². The summed E-state index contributed by atoms with van der Waals surface area (Å²) in [4.78, 5) is 10.7. The summed E-state index contributed by atoms with van der Waals surface area (Å²) >= 11 is 0. The summed E-state index contributed by atoms with van der Waals surface area (Å²) in [6, 6.07) is 0. The Morgan fingerprint density at radius 3 is 2.27 bits per heavy atom. The van der Waals surface area contributed by atoms with E-state index in [1.165, 1.54) is 0 Å². The molecule has 0 aromatic carbocycles. The second-order valence-corrected chi connectivity index (χ2v) is 4.03. The van der Waals surface area contributed by atoms with E-state index in [2.05, 4.69) is 0 Å². The number of alkyl halides is 1. The van der Waals surface area contributed by atoms with Crippen LogP contribution in [0, 0.1) is 29.6 Å². The highest BCUT2D eigenvalue weighted by Crippen LogP contribution is 2.74. The average Bonchev–Trinajstić information content (AvgIpc) is 2.33. The summed E-state index contributed by atoms with van der Waals surface area (Å²) in [6.45, 7) is 0. The first-order chi connectivity index (χ1) is 5.22. The molecule has 0 aromatic rings. The van der Waals surface area contributed by atoms with Crippen molar-refractivity contribution in [2.24, 2.45) is 29.6 Å². The van der Waals surface area contributed by atoms with Crippen LogP contribution >= 0.6 is 0 Å². The van der Waals surface area contributed by atoms with Crippen LogP contribution in [0.3, 0.4) is 0 Å². The molecular formula is C8H9FO2. The van der Waals surface area contributed by atoms with Gasteiger partial charge in [-0.05, 0) is 24.2 Å². The third-order valence-electron chi connectivity index (χ3n) is 3.77. The maximum atomic E-state index is 13.1. The average molecular weight is 156 g/mol. The molecule has 6 atom stereocenters. The third kappa shape index (κ3) is 0.461. The third-order valence-corrected chi connectivity index (χ3v) is 3.77. The molecule has 4 rings (SSSR count). The van der Waals surface area contributed by atoms with Crippen LogP contribution in [0.15, 0.2) is 0 Å². The summed E-state index contributed by atoms with van der Waals surface area (Å²) in [5.41, 5.74) is 0. The van der Waals surface area contributed by atoms with Gasteiger partial charge in [0.25, 0.3) is 0 Å². The van der Waals surface area contributed by atoms with Crippen molar-refractivity contribution >= 4 is 5.97 Å². The van der Waals surface area contributed by atoms with E-state index in [1.807, 2.05) is 0 Å². The Bertz CT molecular complexity index is 240. The zero-order valence-electron chi connectivity index (χ0n) is 5.90. The van der Waals surface area contributed by atoms with Gasteiger partial charge in [0.1, 0.15) is 6.17 Å². The largest absolute Gasteiger partial charge is 0.481 e. The van der Waals surface area contributed by atoms with Gasteiger partial charge in [-0.15, -0.1) is 0 Å². The predicted molar refractivity (Wildman–Crippen MR) is 34.6 cm³/mol. The summed E-state index contributed by atoms with van der Waals surface area (Å²) in [7, 11) is 0. The lowest BCUT2D eigenvalue weighted by atomic mass is 9.98. The lowest BCUT2D eigenvalue weighted by molar-refractivity contribution is -0.143. The topological polar surface area (TPSA) is 37.3 Å². The number of carbonyl (C=O) groups is 1. The van der Waals surface area contributed by atoms with E-state index in [0.717, 1.165) is 6.42 Å². The number of halogens is 1. The monoisotopic (exact) mass is 156 g/mol. The highest BCUT2D eigenvalue weighted by Gasteiger charge is 2.76. The van der Waals surface area contributed by atoms with E-state index in [1.54, 1.807) is 0 Å². The van der Waals surface area contributed by atoms with Crippen LogP contribution in [0.1, 0.15) is 6.42 Å². The van der Waals surface area contributed by atoms with Gasteiger partial charge in [-0.2, -0.15) is 0 Å². The summed E-state index contributed by atoms with van der Waals surface area (Å²) < 4.78 is 13.1. The molecule has 4 saturated carbocycles. The fourth-order valence-corrected chi connectivity index (χ4v) is 3.40. The van der Waals surface area contributed by atoms with Crippen molar-refractivity contribution in [1.82, 2.24) is 0 Å². The molecule has 0 aromatic heterocycles. The molecule has 0 radical (unpaired) electrons. The molecule has 1 N–H and O–H groups in total. The van der Waals surface area contributed by atoms with Crippen molar-refractivity contribution in [3.05, 3.63) is 0 Å². The fraction of sp³-hybridized carbons (Fsp3) is 0.875. The Balaban J connectivity index is 1.97. The Labute approximate surface area is 63.4 Å². The van der Waals surface area contributed by atoms with E-state index in [0.29, 0.717) is 5.92 Å². The summed E-state index contributed by atoms with van der Waals surface area (Å²) in [5, 5.41) is 8.76. The zero-order chi connectivity index (χ0) is 7.75. The fourth-order valence-electron chi connectivity index (χ4n) is 3.40. The molecule has 0 amide bonds. The normalized spacial score (nSPS) is 63.4. The van der Waals surface area contributed by atoms with Gasteiger partial charge in [0.2, 0.25) is 0 Å². The van der Waals surface area contributed by atoms with Gasteiger partial charge in [-0.1, -0.05) is 0 Å². The second kappa shape index (κ2) is 1.45. The Morgan fingerprint density at radius 1 is 1.36 bits per heavy atom. The van der Waals surface area contributed by atoms with Gasteiger partial charge < -0.3 is 5.11 Å². The van der Waals surface area contributed by atoms with E-state index in [-0.39, 0.29) is 23.7 Å². The Morgan fingerprint density at radius 2 is 2.09 bits per heavy atom. The van der Waals surface area contributed by atoms with Crippen LogP contribution in [-0.2, 0) is 4.79 Å². The van der Waals surface area contributed by atoms with Crippen molar-refractivity contribution in [2.45, 2.75) is 12.6 Å². The van der Waals surface area contributed by atoms with Gasteiger partial charge in [-0.25, -0.2) is 4.39 Å². The molecule has 0 spiro atoms. The molecule has 4 bridgehead atoms. The second-order valence-electron chi connectivity index (χ2n) is 4.03. The summed E-state index contributed by atoms with van der Waals surface area (Å²) in [6.07, 6.45) is 0.0547. The Kier molecular flexibility index (Phi) is 0.787. The molecule has 0 heterocycles. The number of hydrogen-bond acceptors (Lipinski definition) is 1. The van der Waals surface area contributed by atoms with Gasteiger partial charge in [-0.3, -0.25) is 4.79 Å². The minimum absolute atomic E-state index is 0.132. The molecule has 4 aliphatic rings. The molecule has 2 nitrogen and oxygen atoms in total. The van der Waals surface area contributed by atoms with E-state index in [9.17, 15) is 9.18 Å². The standard InChI is InChI=1S/C8H9FO2/c9-7-3-1-2-4(5(2)7)6(3)8(10)11/h2-7H,1H2,(H,10,11)/t2?,3?,4-,5?,6+,7?/m1/s1. The molecule has 60 valence electrons. The highest BCUT2D eigenvalue weighted by molar-refractivity contribution is 5.73. The lowest BCUT2D eigenvalue weighted by Gasteiger charge is -2.09. The van der Waals surface area contributed by atoms with Crippen molar-refractivity contribution in [3.63, 3.8) is 0 Å². The van der Waals surface area contributed by atoms with E-state index >= 15 is 0 Å². The highest BCUT2D eigenvalue weighted by atomic mass is 19.1. The SMILES string of the molecule is O=C(O)[C@H]1C2CC3C(C2F)[C@@H]31. The van der Waals surface area contributed by atoms with Crippen LogP contribution in [0.5, 0.6) is 0 Å². The molecule has 4 fully saturated rings. The van der Waals surface area contributed by atoms with Crippen LogP contribution in [0.2, 0.25) is 0 Å².